The number of carbonyl (C=O) groups is 1. The van der Waals surface area contributed by atoms with E-state index in [1.165, 1.54) is 11.1 Å². The van der Waals surface area contributed by atoms with Crippen molar-refractivity contribution in [2.75, 3.05) is 18.5 Å². The molecule has 22 heavy (non-hydrogen) atoms. The molecule has 0 atom stereocenters. The van der Waals surface area contributed by atoms with Gasteiger partial charge in [-0.3, -0.25) is 0 Å². The minimum atomic E-state index is -0.229. The van der Waals surface area contributed by atoms with Crippen LogP contribution in [-0.4, -0.2) is 19.2 Å². The zero-order valence-electron chi connectivity index (χ0n) is 13.3. The molecule has 0 aliphatic heterocycles. The van der Waals surface area contributed by atoms with E-state index in [2.05, 4.69) is 16.7 Å². The minimum absolute atomic E-state index is 0.229. The maximum atomic E-state index is 11.7. The molecule has 0 aliphatic carbocycles. The maximum absolute atomic E-state index is 11.7. The van der Waals surface area contributed by atoms with Gasteiger partial charge in [-0.05, 0) is 56.2 Å². The molecule has 0 saturated carbocycles. The fraction of sp³-hybridized carbons (Fsp3) is 0.278. The van der Waals surface area contributed by atoms with Crippen molar-refractivity contribution in [2.45, 2.75) is 20.8 Å². The summed E-state index contributed by atoms with van der Waals surface area (Å²) >= 11 is 0. The van der Waals surface area contributed by atoms with Gasteiger partial charge in [-0.15, -0.1) is 0 Å². The Balaban J connectivity index is 1.71. The molecule has 0 heterocycles. The summed E-state index contributed by atoms with van der Waals surface area (Å²) in [5, 5.41) is 5.55. The van der Waals surface area contributed by atoms with E-state index in [0.717, 1.165) is 17.0 Å². The van der Waals surface area contributed by atoms with Gasteiger partial charge in [-0.2, -0.15) is 0 Å². The average Bonchev–Trinajstić information content (AvgIpc) is 2.45. The van der Waals surface area contributed by atoms with Crippen LogP contribution >= 0.6 is 0 Å². The number of nitrogens with one attached hydrogen (secondary N) is 2. The molecular formula is C18H22N2O2. The van der Waals surface area contributed by atoms with Crippen LogP contribution in [0.3, 0.4) is 0 Å². The van der Waals surface area contributed by atoms with Crippen LogP contribution in [0.4, 0.5) is 10.5 Å². The van der Waals surface area contributed by atoms with E-state index >= 15 is 0 Å². The molecule has 2 aromatic carbocycles. The smallest absolute Gasteiger partial charge is 0.319 e. The van der Waals surface area contributed by atoms with E-state index in [1.807, 2.05) is 57.2 Å². The normalized spacial score (nSPS) is 10.1. The Kier molecular flexibility index (Phi) is 5.42. The molecule has 2 rings (SSSR count). The number of hydrogen-bond donors (Lipinski definition) is 2. The van der Waals surface area contributed by atoms with Crippen molar-refractivity contribution in [1.29, 1.82) is 0 Å². The molecular weight excluding hydrogens is 276 g/mol. The molecule has 4 heteroatoms. The molecule has 0 fully saturated rings. The Morgan fingerprint density at radius 1 is 0.955 bits per heavy atom. The summed E-state index contributed by atoms with van der Waals surface area (Å²) in [6.07, 6.45) is 0. The number of urea groups is 1. The molecule has 0 spiro atoms. The Morgan fingerprint density at radius 2 is 1.59 bits per heavy atom. The SMILES string of the molecule is Cc1ccc(NC(=O)NCCOc2cc(C)cc(C)c2)cc1. The number of anilines is 1. The summed E-state index contributed by atoms with van der Waals surface area (Å²) in [6.45, 7) is 6.96. The van der Waals surface area contributed by atoms with Gasteiger partial charge in [-0.25, -0.2) is 4.79 Å². The first-order valence-electron chi connectivity index (χ1n) is 7.35. The zero-order chi connectivity index (χ0) is 15.9. The predicted molar refractivity (Wildman–Crippen MR) is 89.6 cm³/mol. The predicted octanol–water partition coefficient (Wildman–Crippen LogP) is 3.81. The monoisotopic (exact) mass is 298 g/mol. The first-order valence-corrected chi connectivity index (χ1v) is 7.35. The highest BCUT2D eigenvalue weighted by Crippen LogP contribution is 2.15. The molecule has 2 N–H and O–H groups in total. The van der Waals surface area contributed by atoms with E-state index in [4.69, 9.17) is 4.74 Å². The Labute approximate surface area is 131 Å². The van der Waals surface area contributed by atoms with Gasteiger partial charge in [0.2, 0.25) is 0 Å². The molecule has 0 bridgehead atoms. The Hall–Kier alpha value is -2.49. The van der Waals surface area contributed by atoms with Crippen LogP contribution in [0.15, 0.2) is 42.5 Å². The van der Waals surface area contributed by atoms with Gasteiger partial charge in [0.05, 0.1) is 6.54 Å². The highest BCUT2D eigenvalue weighted by Gasteiger charge is 2.01. The Morgan fingerprint density at radius 3 is 2.23 bits per heavy atom. The average molecular weight is 298 g/mol. The van der Waals surface area contributed by atoms with Crippen LogP contribution in [0.1, 0.15) is 16.7 Å². The summed E-state index contributed by atoms with van der Waals surface area (Å²) in [4.78, 5) is 11.7. The number of benzene rings is 2. The maximum Gasteiger partial charge on any atom is 0.319 e. The van der Waals surface area contributed by atoms with Crippen LogP contribution in [0.25, 0.3) is 0 Å². The summed E-state index contributed by atoms with van der Waals surface area (Å²) < 4.78 is 5.64. The van der Waals surface area contributed by atoms with Gasteiger partial charge in [0.1, 0.15) is 12.4 Å². The van der Waals surface area contributed by atoms with Crippen molar-refractivity contribution in [2.24, 2.45) is 0 Å². The third kappa shape index (κ3) is 5.13. The van der Waals surface area contributed by atoms with Crippen LogP contribution < -0.4 is 15.4 Å². The lowest BCUT2D eigenvalue weighted by Crippen LogP contribution is -2.32. The molecule has 0 aromatic heterocycles. The van der Waals surface area contributed by atoms with Crippen molar-refractivity contribution in [1.82, 2.24) is 5.32 Å². The summed E-state index contributed by atoms with van der Waals surface area (Å²) in [5.74, 6) is 0.832. The van der Waals surface area contributed by atoms with Gasteiger partial charge in [-0.1, -0.05) is 23.8 Å². The van der Waals surface area contributed by atoms with Crippen molar-refractivity contribution in [3.8, 4) is 5.75 Å². The molecule has 4 nitrogen and oxygen atoms in total. The van der Waals surface area contributed by atoms with Gasteiger partial charge >= 0.3 is 6.03 Å². The largest absolute Gasteiger partial charge is 0.492 e. The lowest BCUT2D eigenvalue weighted by molar-refractivity contribution is 0.247. The number of ether oxygens (including phenoxy) is 1. The number of hydrogen-bond acceptors (Lipinski definition) is 2. The second-order valence-corrected chi connectivity index (χ2v) is 5.42. The van der Waals surface area contributed by atoms with Crippen LogP contribution in [0.5, 0.6) is 5.75 Å². The first-order chi connectivity index (χ1) is 10.5. The first kappa shape index (κ1) is 15.9. The molecule has 2 aromatic rings. The molecule has 116 valence electrons. The lowest BCUT2D eigenvalue weighted by Gasteiger charge is -2.10. The van der Waals surface area contributed by atoms with E-state index in [0.29, 0.717) is 13.2 Å². The third-order valence-electron chi connectivity index (χ3n) is 3.16. The van der Waals surface area contributed by atoms with Gasteiger partial charge in [0.15, 0.2) is 0 Å². The van der Waals surface area contributed by atoms with Crippen LogP contribution in [0, 0.1) is 20.8 Å². The second kappa shape index (κ2) is 7.50. The number of rotatable bonds is 5. The van der Waals surface area contributed by atoms with Crippen molar-refractivity contribution < 1.29 is 9.53 Å². The van der Waals surface area contributed by atoms with E-state index < -0.39 is 0 Å². The van der Waals surface area contributed by atoms with Gasteiger partial charge < -0.3 is 15.4 Å². The van der Waals surface area contributed by atoms with Crippen LogP contribution in [-0.2, 0) is 0 Å². The molecule has 0 aliphatic rings. The summed E-state index contributed by atoms with van der Waals surface area (Å²) in [6, 6.07) is 13.5. The summed E-state index contributed by atoms with van der Waals surface area (Å²) in [5.41, 5.74) is 4.27. The van der Waals surface area contributed by atoms with E-state index in [1.54, 1.807) is 0 Å². The highest BCUT2D eigenvalue weighted by atomic mass is 16.5. The van der Waals surface area contributed by atoms with Crippen molar-refractivity contribution >= 4 is 11.7 Å². The van der Waals surface area contributed by atoms with Gasteiger partial charge in [0.25, 0.3) is 0 Å². The van der Waals surface area contributed by atoms with E-state index in [-0.39, 0.29) is 6.03 Å². The Bertz CT molecular complexity index is 616. The van der Waals surface area contributed by atoms with Crippen LogP contribution in [0.2, 0.25) is 0 Å². The number of carbonyl (C=O) groups excluding carboxylic acids is 1. The number of amides is 2. The quantitative estimate of drug-likeness (QED) is 0.825. The second-order valence-electron chi connectivity index (χ2n) is 5.42. The van der Waals surface area contributed by atoms with Gasteiger partial charge in [0, 0.05) is 5.69 Å². The topological polar surface area (TPSA) is 50.4 Å². The minimum Gasteiger partial charge on any atom is -0.492 e. The molecule has 0 unspecified atom stereocenters. The zero-order valence-corrected chi connectivity index (χ0v) is 13.3. The van der Waals surface area contributed by atoms with Crippen molar-refractivity contribution in [3.05, 3.63) is 59.2 Å². The fourth-order valence-corrected chi connectivity index (χ4v) is 2.16. The fourth-order valence-electron chi connectivity index (χ4n) is 2.16. The molecule has 0 saturated heterocycles. The molecule has 2 amide bonds. The van der Waals surface area contributed by atoms with E-state index in [9.17, 15) is 4.79 Å². The van der Waals surface area contributed by atoms with Crippen molar-refractivity contribution in [3.63, 3.8) is 0 Å². The molecule has 0 radical (unpaired) electrons. The lowest BCUT2D eigenvalue weighted by atomic mass is 10.1. The standard InChI is InChI=1S/C18H22N2O2/c1-13-4-6-16(7-5-13)20-18(21)19-8-9-22-17-11-14(2)10-15(3)12-17/h4-7,10-12H,8-9H2,1-3H3,(H2,19,20,21). The number of aryl methyl sites for hydroxylation is 3. The summed E-state index contributed by atoms with van der Waals surface area (Å²) in [7, 11) is 0. The third-order valence-corrected chi connectivity index (χ3v) is 3.16. The highest BCUT2D eigenvalue weighted by molar-refractivity contribution is 5.89.